The van der Waals surface area contributed by atoms with Gasteiger partial charge in [-0.3, -0.25) is 0 Å². The Morgan fingerprint density at radius 1 is 1.40 bits per heavy atom. The third-order valence-electron chi connectivity index (χ3n) is 3.56. The number of hydrogen-bond donors (Lipinski definition) is 3. The van der Waals surface area contributed by atoms with Gasteiger partial charge < -0.3 is 20.5 Å². The van der Waals surface area contributed by atoms with Crippen molar-refractivity contribution in [3.63, 3.8) is 0 Å². The topological polar surface area (TPSA) is 79.3 Å². The minimum atomic E-state index is -0.717. The van der Waals surface area contributed by atoms with Crippen LogP contribution in [0.5, 0.6) is 0 Å². The second-order valence-electron chi connectivity index (χ2n) is 4.98. The second kappa shape index (κ2) is 5.51. The van der Waals surface area contributed by atoms with E-state index in [1.165, 1.54) is 0 Å². The minimum absolute atomic E-state index is 0.474. The van der Waals surface area contributed by atoms with Gasteiger partial charge in [-0.05, 0) is 11.4 Å². The normalized spacial score (nSPS) is 18.1. The molecule has 0 bridgehead atoms. The molecular weight excluding hydrogens is 276 g/mol. The summed E-state index contributed by atoms with van der Waals surface area (Å²) in [6.07, 6.45) is 1.30. The Labute approximate surface area is 121 Å². The summed E-state index contributed by atoms with van der Waals surface area (Å²) < 4.78 is 5.29. The first-order valence-electron chi connectivity index (χ1n) is 6.67. The largest absolute Gasteiger partial charge is 0.388 e. The van der Waals surface area contributed by atoms with Crippen molar-refractivity contribution in [3.8, 4) is 0 Å². The first kappa shape index (κ1) is 13.5. The van der Waals surface area contributed by atoms with Crippen LogP contribution in [0.2, 0.25) is 0 Å². The van der Waals surface area contributed by atoms with E-state index >= 15 is 0 Å². The Kier molecular flexibility index (Phi) is 3.73. The van der Waals surface area contributed by atoms with Crippen LogP contribution in [0.4, 0.5) is 11.8 Å². The summed E-state index contributed by atoms with van der Waals surface area (Å²) in [5, 5.41) is 19.7. The maximum absolute atomic E-state index is 10.5. The third kappa shape index (κ3) is 2.70. The molecule has 1 aliphatic rings. The van der Waals surface area contributed by atoms with E-state index in [0.717, 1.165) is 16.0 Å². The lowest BCUT2D eigenvalue weighted by Gasteiger charge is -2.32. The second-order valence-corrected chi connectivity index (χ2v) is 5.87. The molecule has 0 atom stereocenters. The van der Waals surface area contributed by atoms with Gasteiger partial charge in [-0.2, -0.15) is 4.98 Å². The SMILES string of the molecule is CNc1nc(NCC2(O)CCOCC2)c2ccsc2n1. The molecule has 3 rings (SSSR count). The van der Waals surface area contributed by atoms with Crippen molar-refractivity contribution in [2.45, 2.75) is 18.4 Å². The van der Waals surface area contributed by atoms with Crippen LogP contribution < -0.4 is 10.6 Å². The van der Waals surface area contributed by atoms with Crippen molar-refractivity contribution in [1.29, 1.82) is 0 Å². The van der Waals surface area contributed by atoms with Crippen molar-refractivity contribution >= 4 is 33.3 Å². The van der Waals surface area contributed by atoms with Gasteiger partial charge in [0.2, 0.25) is 5.95 Å². The molecule has 20 heavy (non-hydrogen) atoms. The van der Waals surface area contributed by atoms with Gasteiger partial charge in [-0.25, -0.2) is 4.98 Å². The van der Waals surface area contributed by atoms with Crippen LogP contribution in [0.3, 0.4) is 0 Å². The van der Waals surface area contributed by atoms with Crippen molar-refractivity contribution in [1.82, 2.24) is 9.97 Å². The number of hydrogen-bond acceptors (Lipinski definition) is 7. The average molecular weight is 294 g/mol. The minimum Gasteiger partial charge on any atom is -0.388 e. The molecular formula is C13H18N4O2S. The van der Waals surface area contributed by atoms with E-state index in [4.69, 9.17) is 4.74 Å². The Hall–Kier alpha value is -1.44. The highest BCUT2D eigenvalue weighted by Crippen LogP contribution is 2.28. The molecule has 3 heterocycles. The monoisotopic (exact) mass is 294 g/mol. The Morgan fingerprint density at radius 2 is 2.20 bits per heavy atom. The highest BCUT2D eigenvalue weighted by molar-refractivity contribution is 7.16. The molecule has 7 heteroatoms. The number of nitrogens with zero attached hydrogens (tertiary/aromatic N) is 2. The molecule has 6 nitrogen and oxygen atoms in total. The molecule has 0 aliphatic carbocycles. The van der Waals surface area contributed by atoms with Crippen LogP contribution in [0.25, 0.3) is 10.2 Å². The van der Waals surface area contributed by atoms with Gasteiger partial charge in [0, 0.05) is 39.6 Å². The smallest absolute Gasteiger partial charge is 0.225 e. The highest BCUT2D eigenvalue weighted by atomic mass is 32.1. The van der Waals surface area contributed by atoms with Crippen LogP contribution >= 0.6 is 11.3 Å². The van der Waals surface area contributed by atoms with Gasteiger partial charge in [0.1, 0.15) is 10.6 Å². The zero-order valence-electron chi connectivity index (χ0n) is 11.3. The molecule has 1 aliphatic heterocycles. The van der Waals surface area contributed by atoms with E-state index in [1.807, 2.05) is 11.4 Å². The molecule has 1 fully saturated rings. The van der Waals surface area contributed by atoms with Crippen molar-refractivity contribution < 1.29 is 9.84 Å². The van der Waals surface area contributed by atoms with Crippen LogP contribution in [0, 0.1) is 0 Å². The number of thiophene rings is 1. The predicted molar refractivity (Wildman–Crippen MR) is 80.5 cm³/mol. The predicted octanol–water partition coefficient (Wildman–Crippen LogP) is 1.69. The zero-order chi connectivity index (χ0) is 14.0. The van der Waals surface area contributed by atoms with Crippen LogP contribution in [0.1, 0.15) is 12.8 Å². The lowest BCUT2D eigenvalue weighted by Crippen LogP contribution is -2.42. The third-order valence-corrected chi connectivity index (χ3v) is 4.36. The zero-order valence-corrected chi connectivity index (χ0v) is 12.2. The molecule has 2 aromatic heterocycles. The van der Waals surface area contributed by atoms with Gasteiger partial charge in [0.05, 0.1) is 11.0 Å². The Balaban J connectivity index is 1.81. The number of rotatable bonds is 4. The van der Waals surface area contributed by atoms with Crippen LogP contribution in [-0.2, 0) is 4.74 Å². The molecule has 0 aromatic carbocycles. The summed E-state index contributed by atoms with van der Waals surface area (Å²) in [7, 11) is 1.80. The highest BCUT2D eigenvalue weighted by Gasteiger charge is 2.29. The number of aliphatic hydroxyl groups is 1. The number of aromatic nitrogens is 2. The molecule has 0 radical (unpaired) electrons. The van der Waals surface area contributed by atoms with E-state index < -0.39 is 5.60 Å². The van der Waals surface area contributed by atoms with E-state index in [2.05, 4.69) is 20.6 Å². The lowest BCUT2D eigenvalue weighted by atomic mass is 9.94. The summed E-state index contributed by atoms with van der Waals surface area (Å²) in [6.45, 7) is 1.69. The van der Waals surface area contributed by atoms with Crippen molar-refractivity contribution in [3.05, 3.63) is 11.4 Å². The molecule has 3 N–H and O–H groups in total. The Morgan fingerprint density at radius 3 is 2.95 bits per heavy atom. The lowest BCUT2D eigenvalue weighted by molar-refractivity contribution is -0.0543. The summed E-state index contributed by atoms with van der Waals surface area (Å²) in [6, 6.07) is 2.00. The average Bonchev–Trinajstić information content (AvgIpc) is 2.93. The maximum atomic E-state index is 10.5. The van der Waals surface area contributed by atoms with E-state index in [-0.39, 0.29) is 0 Å². The fraction of sp³-hybridized carbons (Fsp3) is 0.538. The fourth-order valence-electron chi connectivity index (χ4n) is 2.28. The quantitative estimate of drug-likeness (QED) is 0.796. The number of fused-ring (bicyclic) bond motifs is 1. The number of anilines is 2. The van der Waals surface area contributed by atoms with E-state index in [1.54, 1.807) is 18.4 Å². The summed E-state index contributed by atoms with van der Waals surface area (Å²) in [4.78, 5) is 9.77. The number of ether oxygens (including phenoxy) is 1. The molecule has 0 saturated carbocycles. The first-order chi connectivity index (χ1) is 9.70. The first-order valence-corrected chi connectivity index (χ1v) is 7.55. The van der Waals surface area contributed by atoms with Crippen molar-refractivity contribution in [2.24, 2.45) is 0 Å². The summed E-state index contributed by atoms with van der Waals surface area (Å²) >= 11 is 1.58. The molecule has 108 valence electrons. The van der Waals surface area contributed by atoms with Gasteiger partial charge in [0.25, 0.3) is 0 Å². The molecule has 2 aromatic rings. The van der Waals surface area contributed by atoms with Crippen LogP contribution in [-0.4, -0.2) is 47.5 Å². The van der Waals surface area contributed by atoms with Gasteiger partial charge in [-0.1, -0.05) is 0 Å². The van der Waals surface area contributed by atoms with Gasteiger partial charge in [0.15, 0.2) is 0 Å². The van der Waals surface area contributed by atoms with Crippen molar-refractivity contribution in [2.75, 3.05) is 37.4 Å². The Bertz CT molecular complexity index is 595. The fourth-order valence-corrected chi connectivity index (χ4v) is 3.04. The van der Waals surface area contributed by atoms with Gasteiger partial charge >= 0.3 is 0 Å². The molecule has 0 spiro atoms. The van der Waals surface area contributed by atoms with E-state index in [9.17, 15) is 5.11 Å². The molecule has 1 saturated heterocycles. The molecule has 0 unspecified atom stereocenters. The summed E-state index contributed by atoms with van der Waals surface area (Å²) in [5.74, 6) is 1.35. The van der Waals surface area contributed by atoms with Crippen LogP contribution in [0.15, 0.2) is 11.4 Å². The maximum Gasteiger partial charge on any atom is 0.225 e. The molecule has 0 amide bonds. The number of nitrogens with one attached hydrogen (secondary N) is 2. The van der Waals surface area contributed by atoms with Gasteiger partial charge in [-0.15, -0.1) is 11.3 Å². The summed E-state index contributed by atoms with van der Waals surface area (Å²) in [5.41, 5.74) is -0.717. The standard InChI is InChI=1S/C13H18N4O2S/c1-14-12-16-10(9-2-7-20-11(9)17-12)15-8-13(18)3-5-19-6-4-13/h2,7,18H,3-6,8H2,1H3,(H2,14,15,16,17). The van der Waals surface area contributed by atoms with E-state index in [0.29, 0.717) is 38.5 Å².